The quantitative estimate of drug-likeness (QED) is 0.751. The topological polar surface area (TPSA) is 90.0 Å². The van der Waals surface area contributed by atoms with E-state index in [1.54, 1.807) is 13.8 Å². The molecule has 0 saturated carbocycles. The highest BCUT2D eigenvalue weighted by Gasteiger charge is 2.26. The van der Waals surface area contributed by atoms with Crippen molar-refractivity contribution in [3.63, 3.8) is 0 Å². The molecule has 7 nitrogen and oxygen atoms in total. The van der Waals surface area contributed by atoms with Crippen molar-refractivity contribution in [3.8, 4) is 0 Å². The predicted octanol–water partition coefficient (Wildman–Crippen LogP) is -0.0291. The molecule has 108 valence electrons. The third-order valence-corrected chi connectivity index (χ3v) is 3.10. The van der Waals surface area contributed by atoms with E-state index in [-0.39, 0.29) is 25.0 Å². The monoisotopic (exact) mass is 271 g/mol. The molecule has 1 unspecified atom stereocenters. The van der Waals surface area contributed by atoms with Gasteiger partial charge in [-0.1, -0.05) is 6.92 Å². The zero-order valence-corrected chi connectivity index (χ0v) is 11.4. The minimum atomic E-state index is -0.931. The largest absolute Gasteiger partial charge is 0.481 e. The molecule has 0 aromatic carbocycles. The Labute approximate surface area is 112 Å². The Morgan fingerprint density at radius 1 is 1.53 bits per heavy atom. The Bertz CT molecular complexity index is 359. The molecule has 1 fully saturated rings. The van der Waals surface area contributed by atoms with E-state index in [1.165, 1.54) is 9.80 Å². The molecule has 0 aliphatic carbocycles. The zero-order chi connectivity index (χ0) is 14.4. The Hall–Kier alpha value is -1.79. The number of carbonyl (C=O) groups excluding carboxylic acids is 2. The summed E-state index contributed by atoms with van der Waals surface area (Å²) in [4.78, 5) is 37.5. The number of nitrogens with one attached hydrogen (secondary N) is 1. The van der Waals surface area contributed by atoms with Crippen molar-refractivity contribution < 1.29 is 19.5 Å². The Morgan fingerprint density at radius 2 is 2.21 bits per heavy atom. The number of carboxylic acids is 1. The fraction of sp³-hybridized carbons (Fsp3) is 0.750. The van der Waals surface area contributed by atoms with Gasteiger partial charge >= 0.3 is 12.0 Å². The van der Waals surface area contributed by atoms with Crippen LogP contribution < -0.4 is 5.32 Å². The van der Waals surface area contributed by atoms with Gasteiger partial charge in [-0.15, -0.1) is 0 Å². The van der Waals surface area contributed by atoms with Crippen LogP contribution in [0.25, 0.3) is 0 Å². The van der Waals surface area contributed by atoms with Crippen LogP contribution in [0.5, 0.6) is 0 Å². The van der Waals surface area contributed by atoms with E-state index in [4.69, 9.17) is 5.11 Å². The maximum absolute atomic E-state index is 12.3. The van der Waals surface area contributed by atoms with Gasteiger partial charge in [-0.05, 0) is 13.3 Å². The first-order valence-corrected chi connectivity index (χ1v) is 6.49. The maximum Gasteiger partial charge on any atom is 0.320 e. The normalized spacial score (nSPS) is 17.4. The second-order valence-electron chi connectivity index (χ2n) is 4.69. The molecule has 3 amide bonds. The molecule has 0 spiro atoms. The number of hydrogen-bond acceptors (Lipinski definition) is 3. The van der Waals surface area contributed by atoms with Crippen molar-refractivity contribution in [2.45, 2.75) is 20.3 Å². The van der Waals surface area contributed by atoms with Crippen LogP contribution in [0.4, 0.5) is 4.79 Å². The van der Waals surface area contributed by atoms with Crippen LogP contribution >= 0.6 is 0 Å². The van der Waals surface area contributed by atoms with Crippen molar-refractivity contribution in [3.05, 3.63) is 0 Å². The Morgan fingerprint density at radius 3 is 2.79 bits per heavy atom. The molecule has 1 aliphatic rings. The summed E-state index contributed by atoms with van der Waals surface area (Å²) in [6, 6.07) is -0.271. The molecule has 19 heavy (non-hydrogen) atoms. The van der Waals surface area contributed by atoms with Crippen molar-refractivity contribution in [1.82, 2.24) is 15.1 Å². The van der Waals surface area contributed by atoms with E-state index >= 15 is 0 Å². The minimum Gasteiger partial charge on any atom is -0.481 e. The van der Waals surface area contributed by atoms with E-state index in [0.29, 0.717) is 26.1 Å². The number of carboxylic acid groups (broad SMARTS) is 1. The molecule has 1 atom stereocenters. The van der Waals surface area contributed by atoms with Gasteiger partial charge in [0.1, 0.15) is 6.54 Å². The van der Waals surface area contributed by atoms with E-state index in [2.05, 4.69) is 5.32 Å². The molecule has 2 N–H and O–H groups in total. The first-order chi connectivity index (χ1) is 8.95. The van der Waals surface area contributed by atoms with Gasteiger partial charge in [0.2, 0.25) is 5.91 Å². The summed E-state index contributed by atoms with van der Waals surface area (Å²) in [7, 11) is 0. The average Bonchev–Trinajstić information content (AvgIpc) is 2.59. The summed E-state index contributed by atoms with van der Waals surface area (Å²) in [6.45, 7) is 5.06. The van der Waals surface area contributed by atoms with Gasteiger partial charge in [-0.25, -0.2) is 4.79 Å². The number of aliphatic carboxylic acids is 1. The standard InChI is InChI=1S/C12H21N3O4/c1-3-14(7-9(2)11(17)18)12(19)15-6-4-5-13-10(16)8-15/h9H,3-8H2,1-2H3,(H,13,16)(H,17,18). The summed E-state index contributed by atoms with van der Waals surface area (Å²) < 4.78 is 0. The molecule has 0 radical (unpaired) electrons. The fourth-order valence-electron chi connectivity index (χ4n) is 1.92. The lowest BCUT2D eigenvalue weighted by atomic mass is 10.2. The molecule has 1 rings (SSSR count). The number of nitrogens with zero attached hydrogens (tertiary/aromatic N) is 2. The molecular weight excluding hydrogens is 250 g/mol. The predicted molar refractivity (Wildman–Crippen MR) is 68.6 cm³/mol. The number of urea groups is 1. The van der Waals surface area contributed by atoms with Gasteiger partial charge in [-0.2, -0.15) is 0 Å². The van der Waals surface area contributed by atoms with E-state index in [9.17, 15) is 14.4 Å². The number of hydrogen-bond donors (Lipinski definition) is 2. The molecule has 0 aromatic rings. The minimum absolute atomic E-state index is 0.0385. The molecule has 0 aromatic heterocycles. The molecular formula is C12H21N3O4. The van der Waals surface area contributed by atoms with Crippen molar-refractivity contribution in [2.75, 3.05) is 32.7 Å². The Kier molecular flexibility index (Phi) is 5.59. The van der Waals surface area contributed by atoms with Crippen LogP contribution in [0.15, 0.2) is 0 Å². The number of rotatable bonds is 4. The maximum atomic E-state index is 12.3. The van der Waals surface area contributed by atoms with Crippen LogP contribution in [0.1, 0.15) is 20.3 Å². The smallest absolute Gasteiger partial charge is 0.320 e. The van der Waals surface area contributed by atoms with Gasteiger partial charge < -0.3 is 20.2 Å². The van der Waals surface area contributed by atoms with E-state index < -0.39 is 11.9 Å². The zero-order valence-electron chi connectivity index (χ0n) is 11.4. The molecule has 1 heterocycles. The molecule has 0 bridgehead atoms. The first kappa shape index (κ1) is 15.3. The third-order valence-electron chi connectivity index (χ3n) is 3.10. The molecule has 1 saturated heterocycles. The summed E-state index contributed by atoms with van der Waals surface area (Å²) in [5.74, 6) is -1.72. The SMILES string of the molecule is CCN(CC(C)C(=O)O)C(=O)N1CCCNC(=O)C1. The van der Waals surface area contributed by atoms with E-state index in [0.717, 1.165) is 0 Å². The Balaban J connectivity index is 2.66. The van der Waals surface area contributed by atoms with Gasteiger partial charge in [0.25, 0.3) is 0 Å². The summed E-state index contributed by atoms with van der Waals surface area (Å²) in [5.41, 5.74) is 0. The summed E-state index contributed by atoms with van der Waals surface area (Å²) in [5, 5.41) is 11.6. The van der Waals surface area contributed by atoms with Gasteiger partial charge in [0, 0.05) is 26.2 Å². The highest BCUT2D eigenvalue weighted by atomic mass is 16.4. The summed E-state index contributed by atoms with van der Waals surface area (Å²) in [6.07, 6.45) is 0.712. The highest BCUT2D eigenvalue weighted by Crippen LogP contribution is 2.07. The average molecular weight is 271 g/mol. The molecule has 1 aliphatic heterocycles. The second kappa shape index (κ2) is 6.96. The van der Waals surface area contributed by atoms with Crippen molar-refractivity contribution >= 4 is 17.9 Å². The summed E-state index contributed by atoms with van der Waals surface area (Å²) >= 11 is 0. The fourth-order valence-corrected chi connectivity index (χ4v) is 1.92. The van der Waals surface area contributed by atoms with Gasteiger partial charge in [-0.3, -0.25) is 9.59 Å². The van der Waals surface area contributed by atoms with Crippen LogP contribution in [-0.2, 0) is 9.59 Å². The second-order valence-corrected chi connectivity index (χ2v) is 4.69. The lowest BCUT2D eigenvalue weighted by Gasteiger charge is -2.29. The van der Waals surface area contributed by atoms with E-state index in [1.807, 2.05) is 0 Å². The lowest BCUT2D eigenvalue weighted by Crippen LogP contribution is -2.47. The number of carbonyl (C=O) groups is 3. The highest BCUT2D eigenvalue weighted by molar-refractivity contribution is 5.84. The van der Waals surface area contributed by atoms with Crippen LogP contribution in [0.2, 0.25) is 0 Å². The number of amides is 3. The van der Waals surface area contributed by atoms with Gasteiger partial charge in [0.05, 0.1) is 5.92 Å². The van der Waals surface area contributed by atoms with Crippen molar-refractivity contribution in [2.24, 2.45) is 5.92 Å². The third kappa shape index (κ3) is 4.42. The van der Waals surface area contributed by atoms with Crippen molar-refractivity contribution in [1.29, 1.82) is 0 Å². The lowest BCUT2D eigenvalue weighted by molar-refractivity contribution is -0.141. The van der Waals surface area contributed by atoms with Crippen LogP contribution in [0, 0.1) is 5.92 Å². The van der Waals surface area contributed by atoms with Crippen LogP contribution in [0.3, 0.4) is 0 Å². The molecule has 7 heteroatoms. The van der Waals surface area contributed by atoms with Crippen LogP contribution in [-0.4, -0.2) is 65.5 Å². The van der Waals surface area contributed by atoms with Gasteiger partial charge in [0.15, 0.2) is 0 Å². The first-order valence-electron chi connectivity index (χ1n) is 6.49.